The van der Waals surface area contributed by atoms with Gasteiger partial charge in [-0.15, -0.1) is 0 Å². The van der Waals surface area contributed by atoms with Gasteiger partial charge >= 0.3 is 5.97 Å². The molecule has 2 aromatic carbocycles. The average Bonchev–Trinajstić information content (AvgIpc) is 3.28. The van der Waals surface area contributed by atoms with Crippen LogP contribution in [0.25, 0.3) is 0 Å². The third kappa shape index (κ3) is 4.25. The molecular weight excluding hydrogens is 342 g/mol. The van der Waals surface area contributed by atoms with E-state index in [9.17, 15) is 4.79 Å². The Morgan fingerprint density at radius 1 is 1.30 bits per heavy atom. The molecule has 0 saturated heterocycles. The average molecular weight is 369 g/mol. The maximum absolute atomic E-state index is 10.8. The van der Waals surface area contributed by atoms with Crippen LogP contribution in [0.15, 0.2) is 36.4 Å². The first-order chi connectivity index (χ1) is 13.0. The lowest BCUT2D eigenvalue weighted by molar-refractivity contribution is -0.137. The minimum atomic E-state index is -0.700. The number of fused-ring (bicyclic) bond motifs is 3. The number of aryl methyl sites for hydroxylation is 1. The molecule has 2 aliphatic rings. The van der Waals surface area contributed by atoms with Crippen LogP contribution >= 0.6 is 0 Å². The Morgan fingerprint density at radius 3 is 2.74 bits per heavy atom. The van der Waals surface area contributed by atoms with E-state index in [0.717, 1.165) is 42.9 Å². The number of hydrogen-bond donors (Lipinski definition) is 2. The number of hydrogen-bond acceptors (Lipinski definition) is 4. The van der Waals surface area contributed by atoms with E-state index < -0.39 is 5.97 Å². The summed E-state index contributed by atoms with van der Waals surface area (Å²) in [5.41, 5.74) is 10.6. The van der Waals surface area contributed by atoms with Gasteiger partial charge < -0.3 is 20.3 Å². The van der Waals surface area contributed by atoms with Crippen molar-refractivity contribution < 1.29 is 19.4 Å². The summed E-state index contributed by atoms with van der Waals surface area (Å²) in [5, 5.41) is 8.92. The van der Waals surface area contributed by atoms with Crippen LogP contribution in [0, 0.1) is 0 Å². The van der Waals surface area contributed by atoms with Crippen molar-refractivity contribution in [2.24, 2.45) is 5.73 Å². The Morgan fingerprint density at radius 2 is 2.07 bits per heavy atom. The minimum absolute atomic E-state index is 0.0335. The number of nitrogens with two attached hydrogens (primary N) is 1. The molecule has 0 aromatic heterocycles. The number of carbonyl (C=O) groups is 1. The number of methoxy groups -OCH3 is 1. The van der Waals surface area contributed by atoms with Gasteiger partial charge in [-0.05, 0) is 48.9 Å². The van der Waals surface area contributed by atoms with Crippen LogP contribution in [0.4, 0.5) is 0 Å². The number of para-hydroxylation sites is 1. The lowest BCUT2D eigenvalue weighted by Gasteiger charge is -2.12. The predicted molar refractivity (Wildman–Crippen MR) is 105 cm³/mol. The number of benzene rings is 2. The van der Waals surface area contributed by atoms with Crippen LogP contribution < -0.4 is 15.2 Å². The summed E-state index contributed by atoms with van der Waals surface area (Å²) in [6.07, 6.45) is 3.18. The van der Waals surface area contributed by atoms with Crippen molar-refractivity contribution >= 4 is 5.97 Å². The summed E-state index contributed by atoms with van der Waals surface area (Å²) in [7, 11) is 1.65. The summed E-state index contributed by atoms with van der Waals surface area (Å²) < 4.78 is 10.7. The molecule has 0 saturated carbocycles. The SMILES string of the molecule is COc1ccccc1[C@H](C)N.O=C(O)C[C@H]1CCc2ccc3c(c21)CCO3. The van der Waals surface area contributed by atoms with Crippen molar-refractivity contribution in [2.75, 3.05) is 13.7 Å². The fourth-order valence-corrected chi connectivity index (χ4v) is 4.01. The number of aliphatic carboxylic acids is 1. The molecule has 0 unspecified atom stereocenters. The van der Waals surface area contributed by atoms with Gasteiger partial charge in [0.15, 0.2) is 0 Å². The van der Waals surface area contributed by atoms with Crippen molar-refractivity contribution in [3.05, 3.63) is 58.7 Å². The van der Waals surface area contributed by atoms with Gasteiger partial charge in [0.05, 0.1) is 20.1 Å². The highest BCUT2D eigenvalue weighted by molar-refractivity contribution is 5.69. The highest BCUT2D eigenvalue weighted by Crippen LogP contribution is 2.43. The first-order valence-corrected chi connectivity index (χ1v) is 9.39. The smallest absolute Gasteiger partial charge is 0.303 e. The fraction of sp³-hybridized carbons (Fsp3) is 0.409. The molecule has 0 bridgehead atoms. The summed E-state index contributed by atoms with van der Waals surface area (Å²) in [5.74, 6) is 1.33. The van der Waals surface area contributed by atoms with E-state index in [4.69, 9.17) is 20.3 Å². The molecule has 0 amide bonds. The third-order valence-corrected chi connectivity index (χ3v) is 5.23. The van der Waals surface area contributed by atoms with E-state index in [1.165, 1.54) is 16.7 Å². The van der Waals surface area contributed by atoms with Gasteiger partial charge in [0.25, 0.3) is 0 Å². The van der Waals surface area contributed by atoms with Crippen molar-refractivity contribution in [1.29, 1.82) is 0 Å². The molecule has 1 aliphatic heterocycles. The highest BCUT2D eigenvalue weighted by Gasteiger charge is 2.30. The molecule has 0 fully saturated rings. The zero-order valence-electron chi connectivity index (χ0n) is 15.9. The quantitative estimate of drug-likeness (QED) is 0.856. The minimum Gasteiger partial charge on any atom is -0.496 e. The Kier molecular flexibility index (Phi) is 6.01. The predicted octanol–water partition coefficient (Wildman–Crippen LogP) is 3.84. The first-order valence-electron chi connectivity index (χ1n) is 9.39. The molecule has 1 heterocycles. The Labute approximate surface area is 160 Å². The molecule has 3 N–H and O–H groups in total. The molecule has 0 radical (unpaired) electrons. The van der Waals surface area contributed by atoms with E-state index >= 15 is 0 Å². The topological polar surface area (TPSA) is 81.8 Å². The molecule has 27 heavy (non-hydrogen) atoms. The molecule has 2 atom stereocenters. The van der Waals surface area contributed by atoms with Crippen LogP contribution in [0.3, 0.4) is 0 Å². The molecule has 4 rings (SSSR count). The Balaban J connectivity index is 0.000000168. The number of carboxylic acids is 1. The number of rotatable bonds is 4. The van der Waals surface area contributed by atoms with Gasteiger partial charge in [0, 0.05) is 23.6 Å². The maximum atomic E-state index is 10.8. The molecule has 2 aromatic rings. The van der Waals surface area contributed by atoms with E-state index in [1.807, 2.05) is 37.3 Å². The standard InChI is InChI=1S/C13H14O3.C9H13NO/c14-12(15)7-9-2-1-8-3-4-11-10(13(8)9)5-6-16-11;1-7(10)8-5-3-4-6-9(8)11-2/h3-4,9H,1-2,5-7H2,(H,14,15);3-7H,10H2,1-2H3/t9-;7-/m10/s1. The van der Waals surface area contributed by atoms with Crippen LogP contribution in [-0.4, -0.2) is 24.8 Å². The van der Waals surface area contributed by atoms with E-state index in [-0.39, 0.29) is 18.4 Å². The van der Waals surface area contributed by atoms with E-state index in [1.54, 1.807) is 7.11 Å². The van der Waals surface area contributed by atoms with Gasteiger partial charge in [-0.1, -0.05) is 24.3 Å². The van der Waals surface area contributed by atoms with Gasteiger partial charge in [-0.25, -0.2) is 0 Å². The van der Waals surface area contributed by atoms with E-state index in [0.29, 0.717) is 0 Å². The monoisotopic (exact) mass is 369 g/mol. The largest absolute Gasteiger partial charge is 0.496 e. The molecule has 5 nitrogen and oxygen atoms in total. The van der Waals surface area contributed by atoms with Crippen LogP contribution in [0.1, 0.15) is 54.0 Å². The Hall–Kier alpha value is -2.53. The molecular formula is C22H27NO4. The van der Waals surface area contributed by atoms with Gasteiger partial charge in [0.2, 0.25) is 0 Å². The van der Waals surface area contributed by atoms with Gasteiger partial charge in [-0.3, -0.25) is 4.79 Å². The lowest BCUT2D eigenvalue weighted by Crippen LogP contribution is -2.06. The Bertz CT molecular complexity index is 816. The zero-order valence-corrected chi connectivity index (χ0v) is 15.9. The number of carboxylic acid groups (broad SMARTS) is 1. The van der Waals surface area contributed by atoms with Crippen LogP contribution in [-0.2, 0) is 17.6 Å². The van der Waals surface area contributed by atoms with Crippen LogP contribution in [0.5, 0.6) is 11.5 Å². The first kappa shape index (κ1) is 19.2. The number of ether oxygens (including phenoxy) is 2. The van der Waals surface area contributed by atoms with Gasteiger partial charge in [0.1, 0.15) is 11.5 Å². The summed E-state index contributed by atoms with van der Waals surface area (Å²) in [4.78, 5) is 10.8. The normalized spacial score (nSPS) is 17.8. The van der Waals surface area contributed by atoms with E-state index in [2.05, 4.69) is 6.07 Å². The van der Waals surface area contributed by atoms with Crippen molar-refractivity contribution in [1.82, 2.24) is 0 Å². The second kappa shape index (κ2) is 8.44. The zero-order chi connectivity index (χ0) is 19.4. The molecule has 1 aliphatic carbocycles. The van der Waals surface area contributed by atoms with Gasteiger partial charge in [-0.2, -0.15) is 0 Å². The summed E-state index contributed by atoms with van der Waals surface area (Å²) in [6.45, 7) is 2.68. The van der Waals surface area contributed by atoms with Crippen molar-refractivity contribution in [2.45, 2.75) is 44.6 Å². The fourth-order valence-electron chi connectivity index (χ4n) is 4.01. The summed E-state index contributed by atoms with van der Waals surface area (Å²) >= 11 is 0. The van der Waals surface area contributed by atoms with Crippen molar-refractivity contribution in [3.63, 3.8) is 0 Å². The van der Waals surface area contributed by atoms with Crippen molar-refractivity contribution in [3.8, 4) is 11.5 Å². The second-order valence-electron chi connectivity index (χ2n) is 7.08. The highest BCUT2D eigenvalue weighted by atomic mass is 16.5. The second-order valence-corrected chi connectivity index (χ2v) is 7.08. The third-order valence-electron chi connectivity index (χ3n) is 5.23. The maximum Gasteiger partial charge on any atom is 0.303 e. The lowest BCUT2D eigenvalue weighted by atomic mass is 9.92. The summed E-state index contributed by atoms with van der Waals surface area (Å²) in [6, 6.07) is 11.9. The molecule has 0 spiro atoms. The molecule has 5 heteroatoms. The molecule has 144 valence electrons. The van der Waals surface area contributed by atoms with Crippen LogP contribution in [0.2, 0.25) is 0 Å².